The minimum absolute atomic E-state index is 0.000157. The summed E-state index contributed by atoms with van der Waals surface area (Å²) in [4.78, 5) is 26.7. The third-order valence-electron chi connectivity index (χ3n) is 6.65. The van der Waals surface area contributed by atoms with E-state index in [0.29, 0.717) is 29.4 Å². The van der Waals surface area contributed by atoms with Crippen molar-refractivity contribution < 1.29 is 23.5 Å². The molecule has 0 unspecified atom stereocenters. The Morgan fingerprint density at radius 3 is 2.27 bits per heavy atom. The average Bonchev–Trinajstić information content (AvgIpc) is 3.16. The van der Waals surface area contributed by atoms with Gasteiger partial charge in [-0.05, 0) is 43.4 Å². The number of hydrogen-bond acceptors (Lipinski definition) is 4. The van der Waals surface area contributed by atoms with Crippen LogP contribution in [0.25, 0.3) is 10.8 Å². The zero-order valence-electron chi connectivity index (χ0n) is 18.5. The predicted molar refractivity (Wildman–Crippen MR) is 123 cm³/mol. The molecule has 3 aromatic carbocycles. The van der Waals surface area contributed by atoms with E-state index in [1.807, 2.05) is 24.3 Å². The highest BCUT2D eigenvalue weighted by molar-refractivity contribution is 6.06. The number of benzene rings is 3. The fourth-order valence-electron chi connectivity index (χ4n) is 4.71. The van der Waals surface area contributed by atoms with E-state index in [9.17, 15) is 14.0 Å². The predicted octanol–water partition coefficient (Wildman–Crippen LogP) is 4.74. The monoisotopic (exact) mass is 447 g/mol. The zero-order valence-corrected chi connectivity index (χ0v) is 18.5. The third-order valence-corrected chi connectivity index (χ3v) is 6.65. The second kappa shape index (κ2) is 8.50. The molecule has 0 saturated heterocycles. The summed E-state index contributed by atoms with van der Waals surface area (Å²) < 4.78 is 26.5. The van der Waals surface area contributed by atoms with E-state index in [-0.39, 0.29) is 18.3 Å². The SMILES string of the molecule is CCOC(=O)C1(NC(=O)c2cc(F)c3ccccc3c2OC2CCC2)Cc2ccccc2C1. The molecule has 0 radical (unpaired) electrons. The maximum absolute atomic E-state index is 15.0. The van der Waals surface area contributed by atoms with Gasteiger partial charge in [0.1, 0.15) is 17.1 Å². The number of rotatable bonds is 6. The van der Waals surface area contributed by atoms with E-state index in [1.54, 1.807) is 31.2 Å². The van der Waals surface area contributed by atoms with Crippen molar-refractivity contribution in [2.24, 2.45) is 0 Å². The van der Waals surface area contributed by atoms with Gasteiger partial charge < -0.3 is 14.8 Å². The highest BCUT2D eigenvalue weighted by Crippen LogP contribution is 2.37. The van der Waals surface area contributed by atoms with Gasteiger partial charge in [-0.2, -0.15) is 0 Å². The van der Waals surface area contributed by atoms with Gasteiger partial charge in [0.15, 0.2) is 0 Å². The number of carbonyl (C=O) groups excluding carboxylic acids is 2. The molecule has 170 valence electrons. The molecule has 0 bridgehead atoms. The summed E-state index contributed by atoms with van der Waals surface area (Å²) in [7, 11) is 0. The van der Waals surface area contributed by atoms with Crippen molar-refractivity contribution in [3.63, 3.8) is 0 Å². The number of carbonyl (C=O) groups is 2. The van der Waals surface area contributed by atoms with Crippen LogP contribution in [0.4, 0.5) is 4.39 Å². The van der Waals surface area contributed by atoms with Gasteiger partial charge >= 0.3 is 5.97 Å². The summed E-state index contributed by atoms with van der Waals surface area (Å²) in [5.74, 6) is -1.17. The van der Waals surface area contributed by atoms with Gasteiger partial charge in [0.2, 0.25) is 0 Å². The molecule has 0 aliphatic heterocycles. The molecule has 6 heteroatoms. The minimum atomic E-state index is -1.24. The number of ether oxygens (including phenoxy) is 2. The molecule has 1 saturated carbocycles. The largest absolute Gasteiger partial charge is 0.489 e. The minimum Gasteiger partial charge on any atom is -0.489 e. The molecule has 5 rings (SSSR count). The maximum Gasteiger partial charge on any atom is 0.332 e. The zero-order chi connectivity index (χ0) is 23.0. The van der Waals surface area contributed by atoms with Crippen LogP contribution in [-0.2, 0) is 22.4 Å². The number of halogens is 1. The van der Waals surface area contributed by atoms with Crippen molar-refractivity contribution in [1.82, 2.24) is 5.32 Å². The van der Waals surface area contributed by atoms with Crippen LogP contribution < -0.4 is 10.1 Å². The Kier molecular flexibility index (Phi) is 5.52. The van der Waals surface area contributed by atoms with E-state index in [2.05, 4.69) is 5.32 Å². The van der Waals surface area contributed by atoms with Gasteiger partial charge in [-0.3, -0.25) is 4.79 Å². The van der Waals surface area contributed by atoms with Crippen LogP contribution >= 0.6 is 0 Å². The highest BCUT2D eigenvalue weighted by Gasteiger charge is 2.47. The Morgan fingerprint density at radius 2 is 1.67 bits per heavy atom. The first-order chi connectivity index (χ1) is 16.0. The molecule has 1 amide bonds. The van der Waals surface area contributed by atoms with Crippen LogP contribution in [0.1, 0.15) is 47.7 Å². The van der Waals surface area contributed by atoms with Gasteiger partial charge in [-0.25, -0.2) is 9.18 Å². The Bertz CT molecular complexity index is 1210. The second-order valence-corrected chi connectivity index (χ2v) is 8.83. The van der Waals surface area contributed by atoms with Crippen molar-refractivity contribution in [3.05, 3.63) is 77.1 Å². The van der Waals surface area contributed by atoms with Crippen molar-refractivity contribution in [3.8, 4) is 5.75 Å². The first-order valence-corrected chi connectivity index (χ1v) is 11.4. The fourth-order valence-corrected chi connectivity index (χ4v) is 4.71. The lowest BCUT2D eigenvalue weighted by molar-refractivity contribution is -0.150. The van der Waals surface area contributed by atoms with E-state index >= 15 is 0 Å². The van der Waals surface area contributed by atoms with Crippen LogP contribution in [0.5, 0.6) is 5.75 Å². The first kappa shape index (κ1) is 21.4. The molecule has 3 aromatic rings. The quantitative estimate of drug-likeness (QED) is 0.555. The van der Waals surface area contributed by atoms with Crippen molar-refractivity contribution in [2.75, 3.05) is 6.61 Å². The van der Waals surface area contributed by atoms with Crippen molar-refractivity contribution in [2.45, 2.75) is 50.7 Å². The van der Waals surface area contributed by atoms with Crippen LogP contribution in [0.15, 0.2) is 54.6 Å². The molecule has 33 heavy (non-hydrogen) atoms. The smallest absolute Gasteiger partial charge is 0.332 e. The number of esters is 1. The molecule has 0 aromatic heterocycles. The van der Waals surface area contributed by atoms with Crippen LogP contribution in [0.2, 0.25) is 0 Å². The van der Waals surface area contributed by atoms with Gasteiger partial charge in [0, 0.05) is 23.6 Å². The number of fused-ring (bicyclic) bond motifs is 2. The van der Waals surface area contributed by atoms with Crippen LogP contribution in [0, 0.1) is 5.82 Å². The van der Waals surface area contributed by atoms with Gasteiger partial charge in [0.05, 0.1) is 18.3 Å². The van der Waals surface area contributed by atoms with E-state index in [0.717, 1.165) is 30.4 Å². The Balaban J connectivity index is 1.55. The summed E-state index contributed by atoms with van der Waals surface area (Å²) in [6, 6.07) is 15.9. The van der Waals surface area contributed by atoms with Crippen LogP contribution in [0.3, 0.4) is 0 Å². The summed E-state index contributed by atoms with van der Waals surface area (Å²) >= 11 is 0. The molecule has 1 fully saturated rings. The molecular formula is C27H26FNO4. The third kappa shape index (κ3) is 3.84. The molecular weight excluding hydrogens is 421 g/mol. The maximum atomic E-state index is 15.0. The second-order valence-electron chi connectivity index (χ2n) is 8.83. The van der Waals surface area contributed by atoms with E-state index in [4.69, 9.17) is 9.47 Å². The summed E-state index contributed by atoms with van der Waals surface area (Å²) in [5, 5.41) is 3.87. The number of hydrogen-bond donors (Lipinski definition) is 1. The summed E-state index contributed by atoms with van der Waals surface area (Å²) in [6.07, 6.45) is 3.50. The normalized spacial score (nSPS) is 16.7. The average molecular weight is 448 g/mol. The van der Waals surface area contributed by atoms with Crippen molar-refractivity contribution in [1.29, 1.82) is 0 Å². The number of nitrogens with one attached hydrogen (secondary N) is 1. The molecule has 5 nitrogen and oxygen atoms in total. The molecule has 0 heterocycles. The standard InChI is InChI=1S/C27H26FNO4/c1-2-32-26(31)27(15-17-8-3-4-9-18(17)16-27)29-25(30)22-14-23(28)20-12-5-6-13-21(20)24(22)33-19-10-7-11-19/h3-6,8-9,12-14,19H,2,7,10-11,15-16H2,1H3,(H,29,30). The molecule has 0 atom stereocenters. The molecule has 0 spiro atoms. The molecule has 2 aliphatic rings. The van der Waals surface area contributed by atoms with Crippen molar-refractivity contribution >= 4 is 22.6 Å². The fraction of sp³-hybridized carbons (Fsp3) is 0.333. The first-order valence-electron chi connectivity index (χ1n) is 11.4. The van der Waals surface area contributed by atoms with E-state index < -0.39 is 23.2 Å². The van der Waals surface area contributed by atoms with E-state index in [1.165, 1.54) is 6.07 Å². The number of amides is 1. The Morgan fingerprint density at radius 1 is 1.03 bits per heavy atom. The van der Waals surface area contributed by atoms with Gasteiger partial charge in [0.25, 0.3) is 5.91 Å². The lowest BCUT2D eigenvalue weighted by Crippen LogP contribution is -2.56. The molecule has 2 aliphatic carbocycles. The lowest BCUT2D eigenvalue weighted by atomic mass is 9.94. The topological polar surface area (TPSA) is 64.6 Å². The highest BCUT2D eigenvalue weighted by atomic mass is 19.1. The lowest BCUT2D eigenvalue weighted by Gasteiger charge is -2.30. The summed E-state index contributed by atoms with van der Waals surface area (Å²) in [5.41, 5.74) is 0.827. The summed E-state index contributed by atoms with van der Waals surface area (Å²) in [6.45, 7) is 1.94. The van der Waals surface area contributed by atoms with Crippen LogP contribution in [-0.4, -0.2) is 30.1 Å². The molecule has 1 N–H and O–H groups in total. The Hall–Kier alpha value is -3.41. The Labute approximate surface area is 191 Å². The van der Waals surface area contributed by atoms with Gasteiger partial charge in [-0.15, -0.1) is 0 Å². The van der Waals surface area contributed by atoms with Gasteiger partial charge in [-0.1, -0.05) is 48.5 Å².